The molecule has 0 fully saturated rings. The molecule has 4 nitrogen and oxygen atoms in total. The van der Waals surface area contributed by atoms with Crippen molar-refractivity contribution in [1.82, 2.24) is 0 Å². The molecule has 0 amide bonds. The van der Waals surface area contributed by atoms with E-state index in [1.165, 1.54) is 11.8 Å². The Morgan fingerprint density at radius 3 is 2.76 bits per heavy atom. The Morgan fingerprint density at radius 2 is 2.24 bits per heavy atom. The number of aryl methyl sites for hydroxylation is 1. The molecule has 0 saturated carbocycles. The maximum atomic E-state index is 10.8. The third kappa shape index (κ3) is 3.57. The van der Waals surface area contributed by atoms with Crippen molar-refractivity contribution in [1.29, 1.82) is 0 Å². The van der Waals surface area contributed by atoms with Crippen LogP contribution in [0.4, 0.5) is 0 Å². The van der Waals surface area contributed by atoms with E-state index in [-0.39, 0.29) is 0 Å². The van der Waals surface area contributed by atoms with E-state index in [0.717, 1.165) is 11.2 Å². The fraction of sp³-hybridized carbons (Fsp3) is 0.333. The number of aldehydes is 1. The van der Waals surface area contributed by atoms with Crippen molar-refractivity contribution in [2.75, 3.05) is 6.26 Å². The molecule has 2 N–H and O–H groups in total. The number of hydrogen-bond donors (Lipinski definition) is 2. The van der Waals surface area contributed by atoms with Gasteiger partial charge < -0.3 is 15.0 Å². The molecular formula is C12H14O4S. The topological polar surface area (TPSA) is 74.6 Å². The van der Waals surface area contributed by atoms with Crippen molar-refractivity contribution in [3.05, 3.63) is 29.3 Å². The molecule has 1 aromatic rings. The number of benzene rings is 1. The zero-order chi connectivity index (χ0) is 12.8. The molecule has 0 aliphatic rings. The first-order chi connectivity index (χ1) is 8.10. The molecule has 1 unspecified atom stereocenters. The van der Waals surface area contributed by atoms with Gasteiger partial charge in [0.1, 0.15) is 6.29 Å². The minimum atomic E-state index is -1.54. The van der Waals surface area contributed by atoms with Crippen LogP contribution in [0.5, 0.6) is 0 Å². The van der Waals surface area contributed by atoms with Crippen molar-refractivity contribution in [3.8, 4) is 0 Å². The Bertz CT molecular complexity index is 417. The third-order valence-electron chi connectivity index (χ3n) is 2.41. The predicted molar refractivity (Wildman–Crippen MR) is 65.2 cm³/mol. The highest BCUT2D eigenvalue weighted by Gasteiger charge is 2.19. The first-order valence-electron chi connectivity index (χ1n) is 5.11. The number of rotatable bonds is 6. The lowest BCUT2D eigenvalue weighted by atomic mass is 9.99. The summed E-state index contributed by atoms with van der Waals surface area (Å²) in [6, 6.07) is 5.27. The lowest BCUT2D eigenvalue weighted by Gasteiger charge is -2.13. The van der Waals surface area contributed by atoms with Crippen LogP contribution in [0.15, 0.2) is 23.1 Å². The van der Waals surface area contributed by atoms with Gasteiger partial charge in [-0.3, -0.25) is 0 Å². The largest absolute Gasteiger partial charge is 0.479 e. The van der Waals surface area contributed by atoms with Gasteiger partial charge in [0.25, 0.3) is 0 Å². The molecular weight excluding hydrogens is 240 g/mol. The Morgan fingerprint density at radius 1 is 1.53 bits per heavy atom. The molecule has 1 aromatic carbocycles. The fourth-order valence-corrected chi connectivity index (χ4v) is 1.98. The monoisotopic (exact) mass is 254 g/mol. The van der Waals surface area contributed by atoms with E-state index >= 15 is 0 Å². The second-order valence-corrected chi connectivity index (χ2v) is 4.39. The van der Waals surface area contributed by atoms with Gasteiger partial charge in [-0.25, -0.2) is 4.79 Å². The van der Waals surface area contributed by atoms with Crippen molar-refractivity contribution >= 4 is 24.0 Å². The van der Waals surface area contributed by atoms with Gasteiger partial charge in [-0.05, 0) is 35.9 Å². The van der Waals surface area contributed by atoms with Crippen molar-refractivity contribution in [3.63, 3.8) is 0 Å². The average molecular weight is 254 g/mol. The lowest BCUT2D eigenvalue weighted by Crippen LogP contribution is -2.13. The number of aliphatic hydroxyl groups excluding tert-OH is 1. The van der Waals surface area contributed by atoms with Gasteiger partial charge in [-0.15, -0.1) is 11.8 Å². The van der Waals surface area contributed by atoms with Crippen LogP contribution in [-0.4, -0.2) is 28.7 Å². The summed E-state index contributed by atoms with van der Waals surface area (Å²) in [5, 5.41) is 18.4. The first kappa shape index (κ1) is 13.7. The molecule has 0 saturated heterocycles. The van der Waals surface area contributed by atoms with Crippen LogP contribution < -0.4 is 0 Å². The lowest BCUT2D eigenvalue weighted by molar-refractivity contribution is -0.147. The molecule has 0 aliphatic carbocycles. The Labute approximate surface area is 104 Å². The number of carbonyl (C=O) groups excluding carboxylic acids is 1. The van der Waals surface area contributed by atoms with Crippen molar-refractivity contribution in [2.45, 2.75) is 23.8 Å². The number of hydrogen-bond acceptors (Lipinski definition) is 4. The first-order valence-corrected chi connectivity index (χ1v) is 6.34. The Hall–Kier alpha value is -1.33. The van der Waals surface area contributed by atoms with Crippen LogP contribution in [0.25, 0.3) is 0 Å². The van der Waals surface area contributed by atoms with Gasteiger partial charge in [0.15, 0.2) is 6.10 Å². The molecule has 0 radical (unpaired) electrons. The Kier molecular flexibility index (Phi) is 5.18. The Balaban J connectivity index is 3.10. The van der Waals surface area contributed by atoms with Crippen LogP contribution in [0.2, 0.25) is 0 Å². The maximum absolute atomic E-state index is 10.8. The van der Waals surface area contributed by atoms with E-state index in [1.54, 1.807) is 12.1 Å². The molecule has 0 bridgehead atoms. The molecule has 0 aliphatic heterocycles. The molecule has 1 atom stereocenters. The maximum Gasteiger partial charge on any atom is 0.337 e. The van der Waals surface area contributed by atoms with Gasteiger partial charge in [-0.2, -0.15) is 0 Å². The zero-order valence-corrected chi connectivity index (χ0v) is 10.2. The predicted octanol–water partition coefficient (Wildman–Crippen LogP) is 1.66. The quantitative estimate of drug-likeness (QED) is 0.596. The molecule has 1 rings (SSSR count). The summed E-state index contributed by atoms with van der Waals surface area (Å²) in [6.45, 7) is 0. The van der Waals surface area contributed by atoms with E-state index in [4.69, 9.17) is 5.11 Å². The summed E-state index contributed by atoms with van der Waals surface area (Å²) in [4.78, 5) is 22.0. The normalized spacial score (nSPS) is 12.1. The smallest absolute Gasteiger partial charge is 0.337 e. The van der Waals surface area contributed by atoms with Crippen LogP contribution >= 0.6 is 11.8 Å². The third-order valence-corrected chi connectivity index (χ3v) is 3.14. The van der Waals surface area contributed by atoms with Gasteiger partial charge in [0, 0.05) is 11.3 Å². The van der Waals surface area contributed by atoms with E-state index < -0.39 is 12.1 Å². The summed E-state index contributed by atoms with van der Waals surface area (Å²) in [7, 11) is 0. The SMILES string of the molecule is CSc1ccc(CCC=O)c(C(O)C(=O)O)c1. The number of aliphatic carboxylic acids is 1. The van der Waals surface area contributed by atoms with Crippen LogP contribution in [-0.2, 0) is 16.0 Å². The summed E-state index contributed by atoms with van der Waals surface area (Å²) in [6.07, 6.45) is 1.87. The summed E-state index contributed by atoms with van der Waals surface area (Å²) < 4.78 is 0. The molecule has 17 heavy (non-hydrogen) atoms. The van der Waals surface area contributed by atoms with E-state index in [0.29, 0.717) is 24.0 Å². The highest BCUT2D eigenvalue weighted by atomic mass is 32.2. The molecule has 0 spiro atoms. The standard InChI is InChI=1S/C12H14O4S/c1-17-9-5-4-8(3-2-6-13)10(7-9)11(14)12(15)16/h4-7,11,14H,2-3H2,1H3,(H,15,16). The van der Waals surface area contributed by atoms with Crippen LogP contribution in [0.1, 0.15) is 23.7 Å². The summed E-state index contributed by atoms with van der Waals surface area (Å²) in [5.41, 5.74) is 1.07. The summed E-state index contributed by atoms with van der Waals surface area (Å²) >= 11 is 1.47. The van der Waals surface area contributed by atoms with Crippen molar-refractivity contribution < 1.29 is 19.8 Å². The number of carboxylic acid groups (broad SMARTS) is 1. The van der Waals surface area contributed by atoms with Gasteiger partial charge in [0.05, 0.1) is 0 Å². The second kappa shape index (κ2) is 6.42. The van der Waals surface area contributed by atoms with Gasteiger partial charge in [-0.1, -0.05) is 6.07 Å². The van der Waals surface area contributed by atoms with E-state index in [9.17, 15) is 14.7 Å². The second-order valence-electron chi connectivity index (χ2n) is 3.51. The molecule has 92 valence electrons. The number of thioether (sulfide) groups is 1. The zero-order valence-electron chi connectivity index (χ0n) is 9.42. The molecule has 0 heterocycles. The fourth-order valence-electron chi connectivity index (χ4n) is 1.53. The van der Waals surface area contributed by atoms with Gasteiger partial charge >= 0.3 is 5.97 Å². The minimum Gasteiger partial charge on any atom is -0.479 e. The van der Waals surface area contributed by atoms with Crippen LogP contribution in [0, 0.1) is 0 Å². The van der Waals surface area contributed by atoms with Gasteiger partial charge in [0.2, 0.25) is 0 Å². The number of carboxylic acids is 1. The molecule has 0 aromatic heterocycles. The highest BCUT2D eigenvalue weighted by molar-refractivity contribution is 7.98. The highest BCUT2D eigenvalue weighted by Crippen LogP contribution is 2.25. The van der Waals surface area contributed by atoms with E-state index in [1.807, 2.05) is 12.3 Å². The van der Waals surface area contributed by atoms with E-state index in [2.05, 4.69) is 0 Å². The summed E-state index contributed by atoms with van der Waals surface area (Å²) in [5.74, 6) is -1.28. The van der Waals surface area contributed by atoms with Crippen molar-refractivity contribution in [2.24, 2.45) is 0 Å². The average Bonchev–Trinajstić information content (AvgIpc) is 2.35. The van der Waals surface area contributed by atoms with Crippen LogP contribution in [0.3, 0.4) is 0 Å². The number of aliphatic hydroxyl groups is 1. The number of carbonyl (C=O) groups is 2. The molecule has 5 heteroatoms. The minimum absolute atomic E-state index is 0.317.